The summed E-state index contributed by atoms with van der Waals surface area (Å²) < 4.78 is 5.13. The molecule has 142 valence electrons. The maximum atomic E-state index is 12.5. The van der Waals surface area contributed by atoms with Crippen LogP contribution in [0.3, 0.4) is 0 Å². The van der Waals surface area contributed by atoms with Crippen LogP contribution in [0.2, 0.25) is 0 Å². The molecule has 7 nitrogen and oxygen atoms in total. The number of nitro benzene ring substituents is 1. The van der Waals surface area contributed by atoms with Crippen LogP contribution in [0.4, 0.5) is 11.4 Å². The van der Waals surface area contributed by atoms with Gasteiger partial charge in [0.1, 0.15) is 5.69 Å². The molecule has 0 saturated heterocycles. The third-order valence-corrected chi connectivity index (χ3v) is 5.27. The van der Waals surface area contributed by atoms with Crippen LogP contribution < -0.4 is 5.32 Å². The van der Waals surface area contributed by atoms with Crippen molar-refractivity contribution < 1.29 is 19.2 Å². The monoisotopic (exact) mass is 414 g/mol. The molecule has 0 aliphatic rings. The molecular formula is C19H14N2O5S2. The summed E-state index contributed by atoms with van der Waals surface area (Å²) in [7, 11) is 0. The molecule has 3 rings (SSSR count). The second-order valence-corrected chi connectivity index (χ2v) is 7.38. The number of rotatable bonds is 7. The zero-order valence-electron chi connectivity index (χ0n) is 14.4. The summed E-state index contributed by atoms with van der Waals surface area (Å²) in [5.41, 5.74) is 0.149. The van der Waals surface area contributed by atoms with Gasteiger partial charge in [-0.3, -0.25) is 14.9 Å². The minimum Gasteiger partial charge on any atom is -0.452 e. The quantitative estimate of drug-likeness (QED) is 0.267. The van der Waals surface area contributed by atoms with Crippen molar-refractivity contribution in [2.45, 2.75) is 0 Å². The number of hydrogen-bond donors (Lipinski definition) is 1. The smallest absolute Gasteiger partial charge is 0.340 e. The number of benzene rings is 1. The molecule has 0 atom stereocenters. The number of nitrogens with zero attached hydrogens (tertiary/aromatic N) is 1. The average molecular weight is 414 g/mol. The van der Waals surface area contributed by atoms with E-state index in [0.29, 0.717) is 5.57 Å². The molecule has 0 unspecified atom stereocenters. The Labute approximate surface area is 168 Å². The van der Waals surface area contributed by atoms with Gasteiger partial charge in [0.15, 0.2) is 6.61 Å². The number of carbonyl (C=O) groups excluding carboxylic acids is 2. The Bertz CT molecular complexity index is 1010. The van der Waals surface area contributed by atoms with E-state index in [1.165, 1.54) is 40.9 Å². The number of hydrogen-bond acceptors (Lipinski definition) is 7. The minimum absolute atomic E-state index is 0.0427. The van der Waals surface area contributed by atoms with E-state index in [4.69, 9.17) is 4.74 Å². The van der Waals surface area contributed by atoms with Gasteiger partial charge in [0.2, 0.25) is 0 Å². The van der Waals surface area contributed by atoms with Gasteiger partial charge in [-0.1, -0.05) is 24.3 Å². The van der Waals surface area contributed by atoms with Gasteiger partial charge in [0, 0.05) is 15.8 Å². The number of amides is 1. The lowest BCUT2D eigenvalue weighted by molar-refractivity contribution is -0.383. The molecular weight excluding hydrogens is 400 g/mol. The molecule has 0 saturated carbocycles. The van der Waals surface area contributed by atoms with E-state index in [2.05, 4.69) is 5.32 Å². The molecule has 0 spiro atoms. The number of carbonyl (C=O) groups is 2. The highest BCUT2D eigenvalue weighted by atomic mass is 32.1. The maximum Gasteiger partial charge on any atom is 0.340 e. The first kappa shape index (κ1) is 19.5. The summed E-state index contributed by atoms with van der Waals surface area (Å²) in [5.74, 6) is -1.31. The molecule has 28 heavy (non-hydrogen) atoms. The first-order valence-electron chi connectivity index (χ1n) is 8.04. The molecule has 3 aromatic rings. The Kier molecular flexibility index (Phi) is 6.30. The third-order valence-electron chi connectivity index (χ3n) is 3.55. The Morgan fingerprint density at radius 2 is 1.82 bits per heavy atom. The van der Waals surface area contributed by atoms with Gasteiger partial charge in [-0.15, -0.1) is 22.7 Å². The topological polar surface area (TPSA) is 98.5 Å². The van der Waals surface area contributed by atoms with Crippen LogP contribution in [0.1, 0.15) is 9.75 Å². The summed E-state index contributed by atoms with van der Waals surface area (Å²) in [6.45, 7) is -0.558. The van der Waals surface area contributed by atoms with Gasteiger partial charge in [-0.05, 0) is 35.0 Å². The predicted molar refractivity (Wildman–Crippen MR) is 109 cm³/mol. The molecule has 0 bridgehead atoms. The zero-order chi connectivity index (χ0) is 19.9. The number of para-hydroxylation sites is 2. The van der Waals surface area contributed by atoms with Crippen LogP contribution in [0.5, 0.6) is 0 Å². The molecule has 0 aliphatic carbocycles. The fraction of sp³-hybridized carbons (Fsp3) is 0.0526. The lowest BCUT2D eigenvalue weighted by atomic mass is 10.2. The molecule has 9 heteroatoms. The molecule has 0 fully saturated rings. The largest absolute Gasteiger partial charge is 0.452 e. The summed E-state index contributed by atoms with van der Waals surface area (Å²) in [6, 6.07) is 13.1. The molecule has 2 heterocycles. The Morgan fingerprint density at radius 1 is 1.07 bits per heavy atom. The summed E-state index contributed by atoms with van der Waals surface area (Å²) in [5, 5.41) is 17.1. The van der Waals surface area contributed by atoms with Crippen LogP contribution in [0.15, 0.2) is 59.3 Å². The van der Waals surface area contributed by atoms with Crippen molar-refractivity contribution in [3.05, 3.63) is 79.2 Å². The van der Waals surface area contributed by atoms with Gasteiger partial charge in [0.25, 0.3) is 11.6 Å². The molecule has 2 aromatic heterocycles. The summed E-state index contributed by atoms with van der Waals surface area (Å²) in [6.07, 6.45) is 1.71. The Hall–Kier alpha value is -3.30. The van der Waals surface area contributed by atoms with E-state index < -0.39 is 23.4 Å². The minimum atomic E-state index is -0.663. The first-order valence-corrected chi connectivity index (χ1v) is 9.80. The summed E-state index contributed by atoms with van der Waals surface area (Å²) in [4.78, 5) is 36.6. The molecule has 1 N–H and O–H groups in total. The number of esters is 1. The molecule has 0 aliphatic heterocycles. The van der Waals surface area contributed by atoms with Crippen LogP contribution in [-0.2, 0) is 14.3 Å². The Balaban J connectivity index is 1.68. The van der Waals surface area contributed by atoms with E-state index in [1.54, 1.807) is 18.2 Å². The highest BCUT2D eigenvalue weighted by Gasteiger charge is 2.19. The normalized spacial score (nSPS) is 11.1. The van der Waals surface area contributed by atoms with E-state index in [-0.39, 0.29) is 11.4 Å². The fourth-order valence-electron chi connectivity index (χ4n) is 2.31. The second-order valence-electron chi connectivity index (χ2n) is 5.45. The molecule has 0 radical (unpaired) electrons. The maximum absolute atomic E-state index is 12.5. The van der Waals surface area contributed by atoms with E-state index in [0.717, 1.165) is 9.75 Å². The average Bonchev–Trinajstić information content (AvgIpc) is 3.38. The SMILES string of the molecule is O=C(COC(=O)/C(=C/c1cccs1)c1cccs1)Nc1ccccc1[N+](=O)[O-]. The lowest BCUT2D eigenvalue weighted by Crippen LogP contribution is -2.21. The van der Waals surface area contributed by atoms with Gasteiger partial charge in [-0.25, -0.2) is 4.79 Å². The van der Waals surface area contributed by atoms with Crippen molar-refractivity contribution in [2.75, 3.05) is 11.9 Å². The van der Waals surface area contributed by atoms with E-state index in [9.17, 15) is 19.7 Å². The van der Waals surface area contributed by atoms with Crippen molar-refractivity contribution in [2.24, 2.45) is 0 Å². The van der Waals surface area contributed by atoms with Gasteiger partial charge < -0.3 is 10.1 Å². The first-order chi connectivity index (χ1) is 13.5. The third kappa shape index (κ3) is 4.90. The zero-order valence-corrected chi connectivity index (χ0v) is 16.0. The van der Waals surface area contributed by atoms with Gasteiger partial charge >= 0.3 is 5.97 Å². The van der Waals surface area contributed by atoms with E-state index in [1.807, 2.05) is 29.0 Å². The van der Waals surface area contributed by atoms with Gasteiger partial charge in [-0.2, -0.15) is 0 Å². The number of nitrogens with one attached hydrogen (secondary N) is 1. The predicted octanol–water partition coefficient (Wildman–Crippen LogP) is 4.44. The van der Waals surface area contributed by atoms with Crippen LogP contribution in [0.25, 0.3) is 11.6 Å². The summed E-state index contributed by atoms with van der Waals surface area (Å²) >= 11 is 2.86. The number of nitro groups is 1. The van der Waals surface area contributed by atoms with Crippen molar-refractivity contribution in [1.29, 1.82) is 0 Å². The van der Waals surface area contributed by atoms with Crippen molar-refractivity contribution >= 4 is 57.6 Å². The number of thiophene rings is 2. The lowest BCUT2D eigenvalue weighted by Gasteiger charge is -2.08. The fourth-order valence-corrected chi connectivity index (χ4v) is 3.70. The number of ether oxygens (including phenoxy) is 1. The van der Waals surface area contributed by atoms with E-state index >= 15 is 0 Å². The van der Waals surface area contributed by atoms with Crippen LogP contribution >= 0.6 is 22.7 Å². The van der Waals surface area contributed by atoms with Gasteiger partial charge in [0.05, 0.1) is 10.5 Å². The highest BCUT2D eigenvalue weighted by molar-refractivity contribution is 7.12. The molecule has 1 aromatic carbocycles. The number of anilines is 1. The second kappa shape index (κ2) is 9.07. The van der Waals surface area contributed by atoms with Crippen molar-refractivity contribution in [3.63, 3.8) is 0 Å². The standard InChI is InChI=1S/C19H14N2O5S2/c22-18(20-15-6-1-2-7-16(15)21(24)25)12-26-19(23)14(17-8-4-10-28-17)11-13-5-3-9-27-13/h1-11H,12H2,(H,20,22)/b14-11+. The van der Waals surface area contributed by atoms with Crippen LogP contribution in [-0.4, -0.2) is 23.4 Å². The van der Waals surface area contributed by atoms with Crippen molar-refractivity contribution in [1.82, 2.24) is 0 Å². The highest BCUT2D eigenvalue weighted by Crippen LogP contribution is 2.26. The Morgan fingerprint density at radius 3 is 2.50 bits per heavy atom. The molecule has 1 amide bonds. The van der Waals surface area contributed by atoms with Crippen LogP contribution in [0, 0.1) is 10.1 Å². The van der Waals surface area contributed by atoms with Crippen molar-refractivity contribution in [3.8, 4) is 0 Å².